The lowest BCUT2D eigenvalue weighted by Gasteiger charge is -2.22. The van der Waals surface area contributed by atoms with E-state index in [-0.39, 0.29) is 16.8 Å². The van der Waals surface area contributed by atoms with Gasteiger partial charge in [-0.05, 0) is 51.5 Å². The Labute approximate surface area is 180 Å². The highest BCUT2D eigenvalue weighted by Gasteiger charge is 2.20. The number of carbonyl (C=O) groups is 2. The fourth-order valence-corrected chi connectivity index (χ4v) is 3.38. The topological polar surface area (TPSA) is 82.3 Å². The van der Waals surface area contributed by atoms with Crippen molar-refractivity contribution in [2.45, 2.75) is 39.3 Å². The normalized spacial score (nSPS) is 12.4. The van der Waals surface area contributed by atoms with Gasteiger partial charge >= 0.3 is 6.09 Å². The Morgan fingerprint density at radius 1 is 1.13 bits per heavy atom. The van der Waals surface area contributed by atoms with E-state index in [0.29, 0.717) is 26.6 Å². The van der Waals surface area contributed by atoms with E-state index in [2.05, 4.69) is 5.32 Å². The smallest absolute Gasteiger partial charge is 0.408 e. The highest BCUT2D eigenvalue weighted by Crippen LogP contribution is 2.27. The van der Waals surface area contributed by atoms with Crippen molar-refractivity contribution in [2.75, 3.05) is 0 Å². The van der Waals surface area contributed by atoms with Gasteiger partial charge in [0.1, 0.15) is 5.60 Å². The molecule has 2 aromatic carbocycles. The van der Waals surface area contributed by atoms with Gasteiger partial charge in [0.25, 0.3) is 0 Å². The van der Waals surface area contributed by atoms with Crippen molar-refractivity contribution in [3.63, 3.8) is 0 Å². The summed E-state index contributed by atoms with van der Waals surface area (Å²) in [6, 6.07) is 11.5. The second-order valence-corrected chi connectivity index (χ2v) is 8.46. The van der Waals surface area contributed by atoms with Crippen LogP contribution in [0.3, 0.4) is 0 Å². The molecule has 0 aliphatic rings. The molecule has 0 saturated heterocycles. The number of amides is 1. The minimum Gasteiger partial charge on any atom is -0.619 e. The van der Waals surface area contributed by atoms with Crippen LogP contribution in [0, 0.1) is 5.21 Å². The third kappa shape index (κ3) is 4.89. The first-order chi connectivity index (χ1) is 14.0. The second-order valence-electron chi connectivity index (χ2n) is 8.05. The molecule has 1 unspecified atom stereocenters. The fraction of sp³-hybridized carbons (Fsp3) is 0.261. The zero-order valence-electron chi connectivity index (χ0n) is 17.2. The van der Waals surface area contributed by atoms with Crippen LogP contribution in [-0.4, -0.2) is 17.5 Å². The molecule has 0 saturated carbocycles. The molecule has 1 N–H and O–H groups in total. The van der Waals surface area contributed by atoms with Crippen LogP contribution in [0.5, 0.6) is 0 Å². The van der Waals surface area contributed by atoms with E-state index in [4.69, 9.17) is 16.3 Å². The van der Waals surface area contributed by atoms with Gasteiger partial charge in [-0.2, -0.15) is 4.73 Å². The maximum Gasteiger partial charge on any atom is 0.408 e. The van der Waals surface area contributed by atoms with Crippen molar-refractivity contribution in [1.29, 1.82) is 0 Å². The molecule has 0 aliphatic heterocycles. The predicted octanol–water partition coefficient (Wildman–Crippen LogP) is 4.94. The number of rotatable bonds is 4. The highest BCUT2D eigenvalue weighted by atomic mass is 35.5. The summed E-state index contributed by atoms with van der Waals surface area (Å²) in [5, 5.41) is 15.9. The molecule has 156 valence electrons. The van der Waals surface area contributed by atoms with E-state index in [1.165, 1.54) is 12.4 Å². The van der Waals surface area contributed by atoms with Crippen molar-refractivity contribution < 1.29 is 19.1 Å². The van der Waals surface area contributed by atoms with Crippen molar-refractivity contribution in [1.82, 2.24) is 5.32 Å². The van der Waals surface area contributed by atoms with Crippen LogP contribution in [0.2, 0.25) is 5.02 Å². The van der Waals surface area contributed by atoms with E-state index in [1.54, 1.807) is 70.2 Å². The maximum atomic E-state index is 13.1. The number of benzene rings is 2. The molecule has 1 amide bonds. The minimum absolute atomic E-state index is 0.242. The standard InChI is InChI=1S/C23H23ClN2O4/c1-14(25-22(28)30-23(2,3)4)15-8-9-19(20(24)12-15)21(27)18-7-5-6-16-13-26(29)11-10-17(16)18/h5-14H,1-4H3,(H,25,28). The first-order valence-electron chi connectivity index (χ1n) is 9.50. The molecule has 0 spiro atoms. The lowest BCUT2D eigenvalue weighted by atomic mass is 9.96. The van der Waals surface area contributed by atoms with Crippen LogP contribution in [0.25, 0.3) is 10.8 Å². The summed E-state index contributed by atoms with van der Waals surface area (Å²) in [5.41, 5.74) is 0.952. The van der Waals surface area contributed by atoms with Crippen LogP contribution in [0.1, 0.15) is 55.2 Å². The van der Waals surface area contributed by atoms with Gasteiger partial charge in [0.05, 0.1) is 11.1 Å². The molecule has 0 fully saturated rings. The Kier molecular flexibility index (Phi) is 5.99. The van der Waals surface area contributed by atoms with Gasteiger partial charge in [0.15, 0.2) is 18.2 Å². The molecule has 0 bridgehead atoms. The summed E-state index contributed by atoms with van der Waals surface area (Å²) in [6.07, 6.45) is 2.24. The SMILES string of the molecule is CC(NC(=O)OC(C)(C)C)c1ccc(C(=O)c2cccc3c[n+]([O-])ccc23)c(Cl)c1. The van der Waals surface area contributed by atoms with Gasteiger partial charge in [-0.3, -0.25) is 4.79 Å². The lowest BCUT2D eigenvalue weighted by molar-refractivity contribution is -0.603. The molecule has 30 heavy (non-hydrogen) atoms. The third-order valence-corrected chi connectivity index (χ3v) is 4.82. The average Bonchev–Trinajstić information content (AvgIpc) is 2.65. The van der Waals surface area contributed by atoms with Gasteiger partial charge in [-0.15, -0.1) is 0 Å². The summed E-state index contributed by atoms with van der Waals surface area (Å²) < 4.78 is 5.96. The summed E-state index contributed by atoms with van der Waals surface area (Å²) in [5.74, 6) is -0.242. The van der Waals surface area contributed by atoms with Crippen LogP contribution in [-0.2, 0) is 4.74 Å². The van der Waals surface area contributed by atoms with Gasteiger partial charge in [0.2, 0.25) is 0 Å². The summed E-state index contributed by atoms with van der Waals surface area (Å²) >= 11 is 6.42. The van der Waals surface area contributed by atoms with E-state index in [1.807, 2.05) is 0 Å². The van der Waals surface area contributed by atoms with Crippen molar-refractivity contribution in [3.8, 4) is 0 Å². The fourth-order valence-electron chi connectivity index (χ4n) is 3.11. The predicted molar refractivity (Wildman–Crippen MR) is 116 cm³/mol. The molecule has 7 heteroatoms. The number of hydrogen-bond donors (Lipinski definition) is 1. The Hall–Kier alpha value is -3.12. The number of pyridine rings is 1. The van der Waals surface area contributed by atoms with Crippen molar-refractivity contribution in [3.05, 3.63) is 81.8 Å². The van der Waals surface area contributed by atoms with Crippen LogP contribution >= 0.6 is 11.6 Å². The number of fused-ring (bicyclic) bond motifs is 1. The van der Waals surface area contributed by atoms with E-state index in [0.717, 1.165) is 5.56 Å². The maximum absolute atomic E-state index is 13.1. The molecule has 0 aliphatic carbocycles. The second kappa shape index (κ2) is 8.32. The molecule has 6 nitrogen and oxygen atoms in total. The quantitative estimate of drug-likeness (QED) is 0.363. The Bertz CT molecular complexity index is 1120. The number of nitrogens with one attached hydrogen (secondary N) is 1. The molecular weight excluding hydrogens is 404 g/mol. The van der Waals surface area contributed by atoms with Crippen LogP contribution in [0.4, 0.5) is 4.79 Å². The summed E-state index contributed by atoms with van der Waals surface area (Å²) in [4.78, 5) is 25.1. The Morgan fingerprint density at radius 2 is 1.87 bits per heavy atom. The molecule has 0 radical (unpaired) electrons. The first-order valence-corrected chi connectivity index (χ1v) is 9.88. The third-order valence-electron chi connectivity index (χ3n) is 4.51. The number of nitrogens with zero attached hydrogens (tertiary/aromatic N) is 1. The zero-order chi connectivity index (χ0) is 22.1. The molecule has 3 aromatic rings. The van der Waals surface area contributed by atoms with Gasteiger partial charge in [-0.1, -0.05) is 29.8 Å². The largest absolute Gasteiger partial charge is 0.619 e. The zero-order valence-corrected chi connectivity index (χ0v) is 18.0. The average molecular weight is 427 g/mol. The van der Waals surface area contributed by atoms with E-state index in [9.17, 15) is 14.8 Å². The summed E-state index contributed by atoms with van der Waals surface area (Å²) in [6.45, 7) is 7.18. The van der Waals surface area contributed by atoms with Crippen molar-refractivity contribution in [2.24, 2.45) is 0 Å². The number of ether oxygens (including phenoxy) is 1. The van der Waals surface area contributed by atoms with E-state index >= 15 is 0 Å². The molecule has 3 rings (SSSR count). The summed E-state index contributed by atoms with van der Waals surface area (Å²) in [7, 11) is 0. The lowest BCUT2D eigenvalue weighted by Crippen LogP contribution is -2.34. The number of halogens is 1. The molecular formula is C23H23ClN2O4. The molecule has 1 atom stereocenters. The number of carbonyl (C=O) groups excluding carboxylic acids is 2. The van der Waals surface area contributed by atoms with Gasteiger partial charge in [-0.25, -0.2) is 4.79 Å². The Morgan fingerprint density at radius 3 is 2.53 bits per heavy atom. The number of alkyl carbamates (subject to hydrolysis) is 1. The highest BCUT2D eigenvalue weighted by molar-refractivity contribution is 6.35. The van der Waals surface area contributed by atoms with Crippen LogP contribution < -0.4 is 10.0 Å². The van der Waals surface area contributed by atoms with Crippen molar-refractivity contribution >= 4 is 34.2 Å². The number of ketones is 1. The van der Waals surface area contributed by atoms with Crippen LogP contribution in [0.15, 0.2) is 54.9 Å². The van der Waals surface area contributed by atoms with Gasteiger partial charge < -0.3 is 15.3 Å². The first kappa shape index (κ1) is 21.6. The Balaban J connectivity index is 1.85. The number of aromatic nitrogens is 1. The molecule has 1 aromatic heterocycles. The van der Waals surface area contributed by atoms with E-state index < -0.39 is 11.7 Å². The minimum atomic E-state index is -0.596. The molecule has 1 heterocycles. The monoisotopic (exact) mass is 426 g/mol. The number of hydrogen-bond acceptors (Lipinski definition) is 4. The van der Waals surface area contributed by atoms with Gasteiger partial charge in [0, 0.05) is 28.0 Å².